The molecule has 2 heterocycles. The normalized spacial score (nSPS) is 25.9. The van der Waals surface area contributed by atoms with Crippen LogP contribution in [0.2, 0.25) is 0 Å². The summed E-state index contributed by atoms with van der Waals surface area (Å²) in [5, 5.41) is 7.50. The Labute approximate surface area is 102 Å². The maximum Gasteiger partial charge on any atom is 0.243 e. The molecule has 1 aliphatic heterocycles. The summed E-state index contributed by atoms with van der Waals surface area (Å²) in [5.74, 6) is 2.30. The Bertz CT molecular complexity index is 299. The summed E-state index contributed by atoms with van der Waals surface area (Å²) in [7, 11) is 0. The maximum atomic E-state index is 5.34. The van der Waals surface area contributed by atoms with Crippen molar-refractivity contribution in [3.05, 3.63) is 11.7 Å². The number of hydrogen-bond donors (Lipinski definition) is 1. The third kappa shape index (κ3) is 2.23. The van der Waals surface area contributed by atoms with Gasteiger partial charge in [-0.25, -0.2) is 0 Å². The van der Waals surface area contributed by atoms with Crippen LogP contribution in [0.5, 0.6) is 0 Å². The van der Waals surface area contributed by atoms with E-state index in [4.69, 9.17) is 4.52 Å². The Balaban J connectivity index is 0.000000963. The lowest BCUT2D eigenvalue weighted by Gasteiger charge is -2.02. The van der Waals surface area contributed by atoms with Crippen LogP contribution >= 0.6 is 12.4 Å². The van der Waals surface area contributed by atoms with Crippen LogP contribution in [0.15, 0.2) is 4.52 Å². The van der Waals surface area contributed by atoms with Crippen LogP contribution in [-0.2, 0) is 0 Å². The fourth-order valence-electron chi connectivity index (χ4n) is 2.63. The van der Waals surface area contributed by atoms with Gasteiger partial charge in [-0.3, -0.25) is 0 Å². The molecule has 90 valence electrons. The van der Waals surface area contributed by atoms with Crippen molar-refractivity contribution in [2.24, 2.45) is 0 Å². The highest BCUT2D eigenvalue weighted by molar-refractivity contribution is 5.85. The van der Waals surface area contributed by atoms with E-state index < -0.39 is 0 Å². The molecule has 0 spiro atoms. The second-order valence-corrected chi connectivity index (χ2v) is 4.62. The van der Waals surface area contributed by atoms with Gasteiger partial charge in [-0.05, 0) is 32.2 Å². The highest BCUT2D eigenvalue weighted by Gasteiger charge is 2.26. The quantitative estimate of drug-likeness (QED) is 0.868. The average molecular weight is 244 g/mol. The van der Waals surface area contributed by atoms with Gasteiger partial charge in [-0.15, -0.1) is 12.4 Å². The van der Waals surface area contributed by atoms with E-state index in [0.29, 0.717) is 12.0 Å². The molecule has 2 aliphatic rings. The highest BCUT2D eigenvalue weighted by atomic mass is 35.5. The van der Waals surface area contributed by atoms with Crippen molar-refractivity contribution in [1.29, 1.82) is 0 Å². The van der Waals surface area contributed by atoms with Crippen molar-refractivity contribution in [1.82, 2.24) is 15.5 Å². The number of aromatic nitrogens is 2. The molecule has 0 amide bonds. The van der Waals surface area contributed by atoms with E-state index >= 15 is 0 Å². The Morgan fingerprint density at radius 3 is 2.62 bits per heavy atom. The molecule has 2 fully saturated rings. The lowest BCUT2D eigenvalue weighted by Crippen LogP contribution is -2.13. The molecule has 1 aliphatic carbocycles. The van der Waals surface area contributed by atoms with Gasteiger partial charge >= 0.3 is 0 Å². The van der Waals surface area contributed by atoms with E-state index in [1.807, 2.05) is 0 Å². The number of nitrogens with one attached hydrogen (secondary N) is 1. The van der Waals surface area contributed by atoms with Crippen molar-refractivity contribution in [2.75, 3.05) is 6.54 Å². The smallest absolute Gasteiger partial charge is 0.243 e. The Morgan fingerprint density at radius 1 is 1.12 bits per heavy atom. The van der Waals surface area contributed by atoms with Gasteiger partial charge in [0.05, 0.1) is 6.04 Å². The molecular formula is C11H18ClN3O. The lowest BCUT2D eigenvalue weighted by atomic mass is 10.1. The first-order chi connectivity index (χ1) is 7.43. The number of halogens is 1. The second kappa shape index (κ2) is 5.15. The van der Waals surface area contributed by atoms with Crippen LogP contribution in [-0.4, -0.2) is 16.7 Å². The van der Waals surface area contributed by atoms with Gasteiger partial charge in [0.2, 0.25) is 5.89 Å². The number of nitrogens with zero attached hydrogens (tertiary/aromatic N) is 2. The predicted octanol–water partition coefficient (Wildman–Crippen LogP) is 2.57. The molecule has 1 saturated carbocycles. The van der Waals surface area contributed by atoms with Crippen molar-refractivity contribution < 1.29 is 4.52 Å². The van der Waals surface area contributed by atoms with E-state index in [9.17, 15) is 0 Å². The first kappa shape index (κ1) is 11.9. The largest absolute Gasteiger partial charge is 0.338 e. The first-order valence-corrected chi connectivity index (χ1v) is 6.00. The van der Waals surface area contributed by atoms with Gasteiger partial charge in [-0.1, -0.05) is 18.0 Å². The Morgan fingerprint density at radius 2 is 1.94 bits per heavy atom. The summed E-state index contributed by atoms with van der Waals surface area (Å²) in [5.41, 5.74) is 0. The molecule has 4 nitrogen and oxygen atoms in total. The third-order valence-electron chi connectivity index (χ3n) is 3.54. The van der Waals surface area contributed by atoms with E-state index in [0.717, 1.165) is 24.7 Å². The molecule has 0 bridgehead atoms. The van der Waals surface area contributed by atoms with Gasteiger partial charge in [0.25, 0.3) is 0 Å². The molecule has 0 unspecified atom stereocenters. The summed E-state index contributed by atoms with van der Waals surface area (Å²) in [6, 6.07) is 0.313. The summed E-state index contributed by atoms with van der Waals surface area (Å²) in [4.78, 5) is 4.53. The van der Waals surface area contributed by atoms with Gasteiger partial charge in [0.15, 0.2) is 5.82 Å². The van der Waals surface area contributed by atoms with Gasteiger partial charge in [0.1, 0.15) is 0 Å². The molecule has 1 atom stereocenters. The molecule has 1 saturated heterocycles. The molecule has 1 aromatic rings. The summed E-state index contributed by atoms with van der Waals surface area (Å²) in [6.07, 6.45) is 7.44. The third-order valence-corrected chi connectivity index (χ3v) is 3.54. The van der Waals surface area contributed by atoms with E-state index in [2.05, 4.69) is 15.5 Å². The van der Waals surface area contributed by atoms with Gasteiger partial charge < -0.3 is 9.84 Å². The first-order valence-electron chi connectivity index (χ1n) is 6.00. The topological polar surface area (TPSA) is 51.0 Å². The minimum absolute atomic E-state index is 0. The molecule has 1 N–H and O–H groups in total. The average Bonchev–Trinajstić information content (AvgIpc) is 3.02. The Hall–Kier alpha value is -0.610. The van der Waals surface area contributed by atoms with Crippen LogP contribution < -0.4 is 5.32 Å². The number of rotatable bonds is 2. The maximum absolute atomic E-state index is 5.34. The molecular weight excluding hydrogens is 226 g/mol. The number of hydrogen-bond acceptors (Lipinski definition) is 4. The lowest BCUT2D eigenvalue weighted by molar-refractivity contribution is 0.339. The summed E-state index contributed by atoms with van der Waals surface area (Å²) < 4.78 is 5.34. The van der Waals surface area contributed by atoms with Gasteiger partial charge in [0, 0.05) is 5.92 Å². The summed E-state index contributed by atoms with van der Waals surface area (Å²) >= 11 is 0. The summed E-state index contributed by atoms with van der Waals surface area (Å²) in [6.45, 7) is 1.08. The van der Waals surface area contributed by atoms with E-state index in [-0.39, 0.29) is 12.4 Å². The molecule has 5 heteroatoms. The molecule has 1 aromatic heterocycles. The molecule has 0 aromatic carbocycles. The molecule has 0 radical (unpaired) electrons. The van der Waals surface area contributed by atoms with E-state index in [1.165, 1.54) is 32.1 Å². The van der Waals surface area contributed by atoms with Crippen molar-refractivity contribution >= 4 is 12.4 Å². The zero-order chi connectivity index (χ0) is 10.1. The monoisotopic (exact) mass is 243 g/mol. The van der Waals surface area contributed by atoms with Crippen LogP contribution in [0.1, 0.15) is 62.2 Å². The van der Waals surface area contributed by atoms with Crippen LogP contribution in [0.25, 0.3) is 0 Å². The van der Waals surface area contributed by atoms with Gasteiger partial charge in [-0.2, -0.15) is 4.98 Å². The molecule has 3 rings (SSSR count). The van der Waals surface area contributed by atoms with Crippen molar-refractivity contribution in [3.8, 4) is 0 Å². The second-order valence-electron chi connectivity index (χ2n) is 4.62. The van der Waals surface area contributed by atoms with Crippen molar-refractivity contribution in [2.45, 2.75) is 50.5 Å². The molecule has 16 heavy (non-hydrogen) atoms. The van der Waals surface area contributed by atoms with Crippen molar-refractivity contribution in [3.63, 3.8) is 0 Å². The van der Waals surface area contributed by atoms with Crippen LogP contribution in [0.3, 0.4) is 0 Å². The van der Waals surface area contributed by atoms with Crippen LogP contribution in [0.4, 0.5) is 0 Å². The van der Waals surface area contributed by atoms with Crippen LogP contribution in [0, 0.1) is 0 Å². The Kier molecular flexibility index (Phi) is 3.82. The SMILES string of the molecule is C1CCC(c2noc([C@@H]3CCCN3)n2)C1.Cl. The minimum Gasteiger partial charge on any atom is -0.338 e. The zero-order valence-electron chi connectivity index (χ0n) is 9.32. The fourth-order valence-corrected chi connectivity index (χ4v) is 2.63. The highest BCUT2D eigenvalue weighted by Crippen LogP contribution is 2.33. The fraction of sp³-hybridized carbons (Fsp3) is 0.818. The predicted molar refractivity (Wildman–Crippen MR) is 62.7 cm³/mol. The minimum atomic E-state index is 0. The van der Waals surface area contributed by atoms with E-state index in [1.54, 1.807) is 0 Å². The standard InChI is InChI=1S/C11H17N3O.ClH/c1-2-5-8(4-1)10-13-11(15-14-10)9-6-3-7-12-9;/h8-9,12H,1-7H2;1H/t9-;/m0./s1. The zero-order valence-corrected chi connectivity index (χ0v) is 10.1.